The van der Waals surface area contributed by atoms with Gasteiger partial charge >= 0.3 is 0 Å². The number of amides is 2. The van der Waals surface area contributed by atoms with Crippen molar-refractivity contribution in [2.75, 3.05) is 18.4 Å². The highest BCUT2D eigenvalue weighted by Gasteiger charge is 2.27. The van der Waals surface area contributed by atoms with E-state index >= 15 is 0 Å². The van der Waals surface area contributed by atoms with Crippen LogP contribution >= 0.6 is 0 Å². The molecule has 1 aliphatic heterocycles. The number of sulfonamides is 1. The van der Waals surface area contributed by atoms with Crippen LogP contribution in [0.4, 0.5) is 5.69 Å². The van der Waals surface area contributed by atoms with E-state index in [1.54, 1.807) is 43.3 Å². The number of hydrogen-bond donors (Lipinski definition) is 2. The molecule has 2 N–H and O–H groups in total. The van der Waals surface area contributed by atoms with Gasteiger partial charge in [-0.1, -0.05) is 31.0 Å². The molecule has 0 spiro atoms. The van der Waals surface area contributed by atoms with Gasteiger partial charge in [-0.2, -0.15) is 4.31 Å². The molecule has 0 unspecified atom stereocenters. The van der Waals surface area contributed by atoms with Crippen LogP contribution in [0.5, 0.6) is 0 Å². The van der Waals surface area contributed by atoms with E-state index < -0.39 is 15.9 Å². The molecule has 3 rings (SSSR count). The summed E-state index contributed by atoms with van der Waals surface area (Å²) < 4.78 is 28.1. The lowest BCUT2D eigenvalue weighted by molar-refractivity contribution is 0.0944. The Kier molecular flexibility index (Phi) is 7.69. The largest absolute Gasteiger partial charge is 0.350 e. The highest BCUT2D eigenvalue weighted by molar-refractivity contribution is 7.89. The second kappa shape index (κ2) is 10.3. The van der Waals surface area contributed by atoms with Crippen molar-refractivity contribution < 1.29 is 18.0 Å². The van der Waals surface area contributed by atoms with Gasteiger partial charge in [0.25, 0.3) is 11.8 Å². The number of rotatable bonds is 6. The molecule has 0 bridgehead atoms. The Labute approximate surface area is 190 Å². The second-order valence-electron chi connectivity index (χ2n) is 8.43. The highest BCUT2D eigenvalue weighted by Crippen LogP contribution is 2.25. The molecule has 0 aromatic heterocycles. The fourth-order valence-corrected chi connectivity index (χ4v) is 5.53. The summed E-state index contributed by atoms with van der Waals surface area (Å²) >= 11 is 0. The zero-order valence-electron chi connectivity index (χ0n) is 18.8. The molecule has 2 amide bonds. The van der Waals surface area contributed by atoms with Crippen molar-refractivity contribution in [3.05, 3.63) is 59.2 Å². The summed E-state index contributed by atoms with van der Waals surface area (Å²) in [5, 5.41) is 5.58. The predicted molar refractivity (Wildman–Crippen MR) is 125 cm³/mol. The zero-order chi connectivity index (χ0) is 23.3. The average Bonchev–Trinajstić information content (AvgIpc) is 3.04. The van der Waals surface area contributed by atoms with Crippen molar-refractivity contribution in [3.8, 4) is 0 Å². The quantitative estimate of drug-likeness (QED) is 0.687. The highest BCUT2D eigenvalue weighted by atomic mass is 32.2. The first-order chi connectivity index (χ1) is 15.2. The van der Waals surface area contributed by atoms with Crippen LogP contribution in [0.25, 0.3) is 0 Å². The van der Waals surface area contributed by atoms with Crippen LogP contribution < -0.4 is 10.6 Å². The van der Waals surface area contributed by atoms with E-state index in [1.165, 1.54) is 10.4 Å². The Morgan fingerprint density at radius 2 is 1.59 bits per heavy atom. The van der Waals surface area contributed by atoms with Gasteiger partial charge in [0.2, 0.25) is 10.0 Å². The van der Waals surface area contributed by atoms with E-state index in [2.05, 4.69) is 10.6 Å². The number of carbonyl (C=O) groups is 2. The monoisotopic (exact) mass is 457 g/mol. The number of anilines is 1. The first kappa shape index (κ1) is 23.9. The first-order valence-electron chi connectivity index (χ1n) is 11.0. The molecule has 2 aromatic rings. The molecule has 1 aliphatic rings. The standard InChI is InChI=1S/C24H31N3O4S/c1-17(2)25-24(29)20-10-6-7-11-21(20)26-23(28)19-13-12-18(3)22(16-19)32(30,31)27-14-8-4-5-9-15-27/h6-7,10-13,16-17H,4-5,8-9,14-15H2,1-3H3,(H,25,29)(H,26,28). The number of hydrogen-bond acceptors (Lipinski definition) is 4. The maximum atomic E-state index is 13.3. The van der Waals surface area contributed by atoms with Gasteiger partial charge in [0.1, 0.15) is 0 Å². The molecular weight excluding hydrogens is 426 g/mol. The minimum atomic E-state index is -3.69. The number of carbonyl (C=O) groups excluding carboxylic acids is 2. The molecule has 0 radical (unpaired) electrons. The summed E-state index contributed by atoms with van der Waals surface area (Å²) in [7, 11) is -3.69. The van der Waals surface area contributed by atoms with Crippen molar-refractivity contribution in [2.45, 2.75) is 57.4 Å². The molecule has 7 nitrogen and oxygen atoms in total. The first-order valence-corrected chi connectivity index (χ1v) is 12.5. The van der Waals surface area contributed by atoms with Crippen molar-refractivity contribution in [1.82, 2.24) is 9.62 Å². The average molecular weight is 458 g/mol. The Morgan fingerprint density at radius 3 is 2.25 bits per heavy atom. The number of aryl methyl sites for hydroxylation is 1. The van der Waals surface area contributed by atoms with Gasteiger partial charge in [-0.15, -0.1) is 0 Å². The SMILES string of the molecule is Cc1ccc(C(=O)Nc2ccccc2C(=O)NC(C)C)cc1S(=O)(=O)N1CCCCCC1. The van der Waals surface area contributed by atoms with Crippen molar-refractivity contribution in [2.24, 2.45) is 0 Å². The van der Waals surface area contributed by atoms with Crippen LogP contribution in [0.3, 0.4) is 0 Å². The molecule has 32 heavy (non-hydrogen) atoms. The summed E-state index contributed by atoms with van der Waals surface area (Å²) in [6, 6.07) is 11.4. The third kappa shape index (κ3) is 5.55. The molecule has 1 saturated heterocycles. The van der Waals surface area contributed by atoms with Gasteiger partial charge in [0, 0.05) is 24.7 Å². The molecule has 2 aromatic carbocycles. The fourth-order valence-electron chi connectivity index (χ4n) is 3.76. The zero-order valence-corrected chi connectivity index (χ0v) is 19.7. The molecule has 0 saturated carbocycles. The predicted octanol–water partition coefficient (Wildman–Crippen LogP) is 3.95. The summed E-state index contributed by atoms with van der Waals surface area (Å²) in [6.07, 6.45) is 3.73. The van der Waals surface area contributed by atoms with Gasteiger partial charge in [-0.05, 0) is 63.4 Å². The maximum absolute atomic E-state index is 13.3. The Bertz CT molecular complexity index is 1090. The van der Waals surface area contributed by atoms with Crippen LogP contribution in [0.2, 0.25) is 0 Å². The molecule has 0 atom stereocenters. The Hall–Kier alpha value is -2.71. The summed E-state index contributed by atoms with van der Waals surface area (Å²) in [5.74, 6) is -0.758. The van der Waals surface area contributed by atoms with Gasteiger partial charge in [-0.3, -0.25) is 9.59 Å². The molecule has 172 valence electrons. The minimum absolute atomic E-state index is 0.0462. The van der Waals surface area contributed by atoms with Crippen LogP contribution in [0.15, 0.2) is 47.4 Å². The van der Waals surface area contributed by atoms with Crippen LogP contribution in [0, 0.1) is 6.92 Å². The van der Waals surface area contributed by atoms with Gasteiger partial charge in [0.15, 0.2) is 0 Å². The lowest BCUT2D eigenvalue weighted by atomic mass is 10.1. The van der Waals surface area contributed by atoms with E-state index in [0.717, 1.165) is 25.7 Å². The van der Waals surface area contributed by atoms with E-state index in [0.29, 0.717) is 29.9 Å². The molecule has 0 aliphatic carbocycles. The Morgan fingerprint density at radius 1 is 0.938 bits per heavy atom. The summed E-state index contributed by atoms with van der Waals surface area (Å²) in [6.45, 7) is 6.44. The third-order valence-corrected chi connectivity index (χ3v) is 7.51. The summed E-state index contributed by atoms with van der Waals surface area (Å²) in [5.41, 5.74) is 1.54. The molecule has 8 heteroatoms. The third-order valence-electron chi connectivity index (χ3n) is 5.47. The van der Waals surface area contributed by atoms with Crippen molar-refractivity contribution in [3.63, 3.8) is 0 Å². The van der Waals surface area contributed by atoms with E-state index in [9.17, 15) is 18.0 Å². The van der Waals surface area contributed by atoms with Crippen molar-refractivity contribution in [1.29, 1.82) is 0 Å². The van der Waals surface area contributed by atoms with Crippen LogP contribution in [-0.4, -0.2) is 43.7 Å². The Balaban J connectivity index is 1.87. The number of nitrogens with one attached hydrogen (secondary N) is 2. The summed E-state index contributed by atoms with van der Waals surface area (Å²) in [4.78, 5) is 25.6. The van der Waals surface area contributed by atoms with E-state index in [1.807, 2.05) is 13.8 Å². The van der Waals surface area contributed by atoms with E-state index in [4.69, 9.17) is 0 Å². The molecular formula is C24H31N3O4S. The number of para-hydroxylation sites is 1. The van der Waals surface area contributed by atoms with Gasteiger partial charge in [-0.25, -0.2) is 8.42 Å². The molecule has 1 fully saturated rings. The maximum Gasteiger partial charge on any atom is 0.255 e. The topological polar surface area (TPSA) is 95.6 Å². The van der Waals surface area contributed by atoms with Gasteiger partial charge < -0.3 is 10.6 Å². The van der Waals surface area contributed by atoms with Crippen molar-refractivity contribution >= 4 is 27.5 Å². The second-order valence-corrected chi connectivity index (χ2v) is 10.3. The molecule has 1 heterocycles. The van der Waals surface area contributed by atoms with Crippen LogP contribution in [-0.2, 0) is 10.0 Å². The number of benzene rings is 2. The minimum Gasteiger partial charge on any atom is -0.350 e. The lowest BCUT2D eigenvalue weighted by Gasteiger charge is -2.21. The van der Waals surface area contributed by atoms with Gasteiger partial charge in [0.05, 0.1) is 16.1 Å². The lowest BCUT2D eigenvalue weighted by Crippen LogP contribution is -2.32. The fraction of sp³-hybridized carbons (Fsp3) is 0.417. The smallest absolute Gasteiger partial charge is 0.255 e. The van der Waals surface area contributed by atoms with Crippen LogP contribution in [0.1, 0.15) is 65.8 Å². The normalized spacial score (nSPS) is 15.2. The van der Waals surface area contributed by atoms with E-state index in [-0.39, 0.29) is 22.4 Å². The number of nitrogens with zero attached hydrogens (tertiary/aromatic N) is 1.